The third kappa shape index (κ3) is 3.54. The first-order valence-corrected chi connectivity index (χ1v) is 6.42. The summed E-state index contributed by atoms with van der Waals surface area (Å²) in [5.74, 6) is 0.538. The second-order valence-corrected chi connectivity index (χ2v) is 4.74. The number of nitrogens with zero attached hydrogens (tertiary/aromatic N) is 2. The third-order valence-electron chi connectivity index (χ3n) is 3.54. The average molecular weight is 229 g/mol. The van der Waals surface area contributed by atoms with E-state index in [0.717, 1.165) is 6.54 Å². The molecule has 0 radical (unpaired) electrons. The minimum absolute atomic E-state index is 0.00321. The minimum atomic E-state index is 0.00321. The van der Waals surface area contributed by atoms with Crippen LogP contribution in [0.4, 0.5) is 0 Å². The van der Waals surface area contributed by atoms with Gasteiger partial charge < -0.3 is 0 Å². The zero-order valence-corrected chi connectivity index (χ0v) is 10.1. The molecule has 1 N–H and O–H groups in total. The molecule has 0 spiro atoms. The summed E-state index contributed by atoms with van der Waals surface area (Å²) in [6.07, 6.45) is 9.86. The van der Waals surface area contributed by atoms with E-state index >= 15 is 0 Å². The highest BCUT2D eigenvalue weighted by Crippen LogP contribution is 2.26. The van der Waals surface area contributed by atoms with E-state index in [1.54, 1.807) is 12.4 Å². The molecule has 2 rings (SSSR count). The van der Waals surface area contributed by atoms with E-state index in [2.05, 4.69) is 16.4 Å². The molecule has 3 heteroatoms. The molecule has 1 aromatic rings. The molecule has 90 valence electrons. The number of aromatic nitrogens is 1. The Morgan fingerprint density at radius 3 is 2.65 bits per heavy atom. The standard InChI is InChI=1S/C14H19N3/c15-10-14(13-4-2-1-3-5-13)17-11-12-6-8-16-9-7-12/h6-9,13-14,17H,1-5,11H2. The van der Waals surface area contributed by atoms with Gasteiger partial charge in [-0.05, 0) is 36.5 Å². The Bertz CT molecular complexity index is 363. The molecule has 17 heavy (non-hydrogen) atoms. The van der Waals surface area contributed by atoms with Crippen LogP contribution in [0.5, 0.6) is 0 Å². The zero-order chi connectivity index (χ0) is 11.9. The maximum atomic E-state index is 9.23. The van der Waals surface area contributed by atoms with Gasteiger partial charge in [-0.25, -0.2) is 0 Å². The van der Waals surface area contributed by atoms with Crippen molar-refractivity contribution in [1.29, 1.82) is 5.26 Å². The highest BCUT2D eigenvalue weighted by atomic mass is 14.9. The summed E-state index contributed by atoms with van der Waals surface area (Å²) in [7, 11) is 0. The van der Waals surface area contributed by atoms with Crippen LogP contribution in [0, 0.1) is 17.2 Å². The van der Waals surface area contributed by atoms with Gasteiger partial charge >= 0.3 is 0 Å². The molecule has 1 aliphatic carbocycles. The van der Waals surface area contributed by atoms with E-state index in [0.29, 0.717) is 5.92 Å². The summed E-state index contributed by atoms with van der Waals surface area (Å²) in [4.78, 5) is 3.99. The fraction of sp³-hybridized carbons (Fsp3) is 0.571. The van der Waals surface area contributed by atoms with Crippen molar-refractivity contribution >= 4 is 0 Å². The number of hydrogen-bond donors (Lipinski definition) is 1. The van der Waals surface area contributed by atoms with Crippen LogP contribution in [0.25, 0.3) is 0 Å². The monoisotopic (exact) mass is 229 g/mol. The van der Waals surface area contributed by atoms with Gasteiger partial charge in [-0.2, -0.15) is 5.26 Å². The molecule has 0 amide bonds. The molecule has 1 fully saturated rings. The van der Waals surface area contributed by atoms with E-state index in [1.807, 2.05) is 12.1 Å². The summed E-state index contributed by atoms with van der Waals surface area (Å²) in [5, 5.41) is 12.6. The van der Waals surface area contributed by atoms with Gasteiger partial charge in [-0.1, -0.05) is 19.3 Å². The molecule has 0 aliphatic heterocycles. The van der Waals surface area contributed by atoms with Crippen LogP contribution in [0.2, 0.25) is 0 Å². The lowest BCUT2D eigenvalue weighted by Crippen LogP contribution is -2.35. The van der Waals surface area contributed by atoms with Gasteiger partial charge in [0.15, 0.2) is 0 Å². The molecular formula is C14H19N3. The zero-order valence-electron chi connectivity index (χ0n) is 10.1. The van der Waals surface area contributed by atoms with Crippen LogP contribution in [0.3, 0.4) is 0 Å². The Balaban J connectivity index is 1.85. The van der Waals surface area contributed by atoms with Gasteiger partial charge in [0, 0.05) is 18.9 Å². The van der Waals surface area contributed by atoms with Gasteiger partial charge in [0.1, 0.15) is 0 Å². The predicted octanol–water partition coefficient (Wildman–Crippen LogP) is 2.64. The number of hydrogen-bond acceptors (Lipinski definition) is 3. The predicted molar refractivity (Wildman–Crippen MR) is 67.1 cm³/mol. The van der Waals surface area contributed by atoms with Crippen molar-refractivity contribution in [2.24, 2.45) is 5.92 Å². The topological polar surface area (TPSA) is 48.7 Å². The van der Waals surface area contributed by atoms with Crippen molar-refractivity contribution < 1.29 is 0 Å². The summed E-state index contributed by atoms with van der Waals surface area (Å²) >= 11 is 0. The van der Waals surface area contributed by atoms with E-state index in [9.17, 15) is 5.26 Å². The molecule has 1 unspecified atom stereocenters. The lowest BCUT2D eigenvalue weighted by molar-refractivity contribution is 0.304. The lowest BCUT2D eigenvalue weighted by Gasteiger charge is -2.26. The van der Waals surface area contributed by atoms with E-state index in [1.165, 1.54) is 37.7 Å². The number of pyridine rings is 1. The Labute approximate surface area is 103 Å². The number of rotatable bonds is 4. The molecule has 0 saturated heterocycles. The van der Waals surface area contributed by atoms with Gasteiger partial charge in [-0.15, -0.1) is 0 Å². The van der Waals surface area contributed by atoms with Crippen molar-refractivity contribution in [3.63, 3.8) is 0 Å². The first-order valence-electron chi connectivity index (χ1n) is 6.42. The van der Waals surface area contributed by atoms with Crippen LogP contribution in [-0.4, -0.2) is 11.0 Å². The molecule has 1 aliphatic rings. The average Bonchev–Trinajstić information content (AvgIpc) is 2.42. The minimum Gasteiger partial charge on any atom is -0.298 e. The molecule has 1 atom stereocenters. The second kappa shape index (κ2) is 6.36. The van der Waals surface area contributed by atoms with E-state index in [-0.39, 0.29) is 6.04 Å². The van der Waals surface area contributed by atoms with Crippen LogP contribution < -0.4 is 5.32 Å². The van der Waals surface area contributed by atoms with Gasteiger partial charge in [0.25, 0.3) is 0 Å². The highest BCUT2D eigenvalue weighted by molar-refractivity contribution is 5.10. The van der Waals surface area contributed by atoms with Crippen molar-refractivity contribution in [2.45, 2.75) is 44.7 Å². The molecule has 0 bridgehead atoms. The van der Waals surface area contributed by atoms with Crippen LogP contribution in [0.15, 0.2) is 24.5 Å². The molecule has 1 heterocycles. The number of nitriles is 1. The summed E-state index contributed by atoms with van der Waals surface area (Å²) in [6.45, 7) is 0.761. The second-order valence-electron chi connectivity index (χ2n) is 4.74. The van der Waals surface area contributed by atoms with Gasteiger partial charge in [-0.3, -0.25) is 10.3 Å². The normalized spacial score (nSPS) is 18.5. The fourth-order valence-corrected chi connectivity index (χ4v) is 2.51. The smallest absolute Gasteiger partial charge is 0.0984 e. The van der Waals surface area contributed by atoms with Crippen molar-refractivity contribution in [2.75, 3.05) is 0 Å². The molecule has 1 saturated carbocycles. The number of nitrogens with one attached hydrogen (secondary N) is 1. The largest absolute Gasteiger partial charge is 0.298 e. The lowest BCUT2D eigenvalue weighted by atomic mass is 9.84. The maximum Gasteiger partial charge on any atom is 0.0984 e. The Morgan fingerprint density at radius 2 is 2.00 bits per heavy atom. The molecule has 3 nitrogen and oxygen atoms in total. The fourth-order valence-electron chi connectivity index (χ4n) is 2.51. The van der Waals surface area contributed by atoms with E-state index < -0.39 is 0 Å². The van der Waals surface area contributed by atoms with Crippen LogP contribution in [-0.2, 0) is 6.54 Å². The highest BCUT2D eigenvalue weighted by Gasteiger charge is 2.22. The Morgan fingerprint density at radius 1 is 1.29 bits per heavy atom. The quantitative estimate of drug-likeness (QED) is 0.863. The Kier molecular flexibility index (Phi) is 4.52. The summed E-state index contributed by atoms with van der Waals surface area (Å²) in [6, 6.07) is 6.40. The molecule has 0 aromatic carbocycles. The molecular weight excluding hydrogens is 210 g/mol. The van der Waals surface area contributed by atoms with Crippen molar-refractivity contribution in [3.8, 4) is 6.07 Å². The maximum absolute atomic E-state index is 9.23. The van der Waals surface area contributed by atoms with Crippen molar-refractivity contribution in [1.82, 2.24) is 10.3 Å². The van der Waals surface area contributed by atoms with Crippen molar-refractivity contribution in [3.05, 3.63) is 30.1 Å². The van der Waals surface area contributed by atoms with E-state index in [4.69, 9.17) is 0 Å². The first-order chi connectivity index (χ1) is 8.40. The van der Waals surface area contributed by atoms with Gasteiger partial charge in [0.05, 0.1) is 12.1 Å². The first kappa shape index (κ1) is 12.1. The van der Waals surface area contributed by atoms with Crippen LogP contribution in [0.1, 0.15) is 37.7 Å². The third-order valence-corrected chi connectivity index (χ3v) is 3.54. The molecule has 1 aromatic heterocycles. The SMILES string of the molecule is N#CC(NCc1ccncc1)C1CCCCC1. The van der Waals surface area contributed by atoms with Crippen LogP contribution >= 0.6 is 0 Å². The summed E-state index contributed by atoms with van der Waals surface area (Å²) < 4.78 is 0. The summed E-state index contributed by atoms with van der Waals surface area (Å²) in [5.41, 5.74) is 1.19. The van der Waals surface area contributed by atoms with Gasteiger partial charge in [0.2, 0.25) is 0 Å². The Hall–Kier alpha value is -1.40.